The molecule has 0 radical (unpaired) electrons. The second kappa shape index (κ2) is 6.54. The number of morpholine rings is 1. The van der Waals surface area contributed by atoms with Gasteiger partial charge in [-0.1, -0.05) is 23.7 Å². The molecule has 6 heteroatoms. The quantitative estimate of drug-likeness (QED) is 0.923. The van der Waals surface area contributed by atoms with Crippen molar-refractivity contribution in [3.8, 4) is 0 Å². The Bertz CT molecular complexity index is 472. The fraction of sp³-hybridized carbons (Fsp3) is 0.500. The summed E-state index contributed by atoms with van der Waals surface area (Å²) in [6.45, 7) is 4.57. The molecule has 0 bridgehead atoms. The topological polar surface area (TPSA) is 46.1 Å². The van der Waals surface area contributed by atoms with E-state index in [2.05, 4.69) is 15.4 Å². The zero-order valence-electron chi connectivity index (χ0n) is 11.2. The monoisotopic (exact) mass is 295 g/mol. The van der Waals surface area contributed by atoms with Gasteiger partial charge in [-0.2, -0.15) is 0 Å². The lowest BCUT2D eigenvalue weighted by molar-refractivity contribution is 0.0383. The van der Waals surface area contributed by atoms with Crippen molar-refractivity contribution in [2.45, 2.75) is 12.6 Å². The van der Waals surface area contributed by atoms with Gasteiger partial charge >= 0.3 is 0 Å². The molecule has 108 valence electrons. The van der Waals surface area contributed by atoms with Gasteiger partial charge in [0.15, 0.2) is 6.17 Å². The van der Waals surface area contributed by atoms with E-state index in [0.29, 0.717) is 0 Å². The minimum absolute atomic E-state index is 0.132. The molecule has 1 atom stereocenters. The van der Waals surface area contributed by atoms with Gasteiger partial charge in [0, 0.05) is 31.1 Å². The average Bonchev–Trinajstić information content (AvgIpc) is 2.96. The van der Waals surface area contributed by atoms with E-state index < -0.39 is 0 Å². The lowest BCUT2D eigenvalue weighted by Crippen LogP contribution is -2.37. The largest absolute Gasteiger partial charge is 0.391 e. The van der Waals surface area contributed by atoms with Crippen LogP contribution in [0.2, 0.25) is 5.02 Å². The molecule has 1 saturated heterocycles. The summed E-state index contributed by atoms with van der Waals surface area (Å²) in [7, 11) is 0. The van der Waals surface area contributed by atoms with Crippen LogP contribution in [0.4, 0.5) is 0 Å². The van der Waals surface area contributed by atoms with Gasteiger partial charge in [0.2, 0.25) is 5.90 Å². The van der Waals surface area contributed by atoms with E-state index in [1.165, 1.54) is 0 Å². The highest BCUT2D eigenvalue weighted by molar-refractivity contribution is 6.30. The highest BCUT2D eigenvalue weighted by atomic mass is 35.5. The molecule has 1 aromatic carbocycles. The predicted octanol–water partition coefficient (Wildman–Crippen LogP) is 1.99. The van der Waals surface area contributed by atoms with Crippen molar-refractivity contribution in [2.24, 2.45) is 4.99 Å². The van der Waals surface area contributed by atoms with Gasteiger partial charge in [0.05, 0.1) is 13.2 Å². The van der Waals surface area contributed by atoms with E-state index in [9.17, 15) is 0 Å². The van der Waals surface area contributed by atoms with Crippen molar-refractivity contribution in [3.63, 3.8) is 0 Å². The van der Waals surface area contributed by atoms with Crippen molar-refractivity contribution in [1.29, 1.82) is 0 Å². The minimum Gasteiger partial charge on any atom is -0.391 e. The molecular weight excluding hydrogens is 278 g/mol. The Morgan fingerprint density at radius 2 is 2.00 bits per heavy atom. The third-order valence-corrected chi connectivity index (χ3v) is 3.74. The summed E-state index contributed by atoms with van der Waals surface area (Å²) >= 11 is 5.88. The number of nitrogens with one attached hydrogen (secondary N) is 1. The molecule has 20 heavy (non-hydrogen) atoms. The molecule has 0 aromatic heterocycles. The van der Waals surface area contributed by atoms with Gasteiger partial charge in [-0.15, -0.1) is 5.48 Å². The zero-order chi connectivity index (χ0) is 13.8. The molecule has 0 unspecified atom stereocenters. The summed E-state index contributed by atoms with van der Waals surface area (Å²) in [4.78, 5) is 12.4. The maximum absolute atomic E-state index is 5.88. The van der Waals surface area contributed by atoms with Crippen LogP contribution in [0.3, 0.4) is 0 Å². The van der Waals surface area contributed by atoms with Crippen LogP contribution in [0.15, 0.2) is 29.3 Å². The summed E-state index contributed by atoms with van der Waals surface area (Å²) < 4.78 is 5.33. The van der Waals surface area contributed by atoms with Gasteiger partial charge in [-0.3, -0.25) is 4.90 Å². The molecule has 1 N–H and O–H groups in total. The standard InChI is InChI=1S/C14H18ClN3O2/c15-12-3-1-11(2-4-12)14-16-13(20-17-14)5-6-18-7-9-19-10-8-18/h1-4,14,17H,5-10H2/t14-/m0/s1. The molecular formula is C14H18ClN3O2. The van der Waals surface area contributed by atoms with E-state index in [1.54, 1.807) is 0 Å². The fourth-order valence-corrected chi connectivity index (χ4v) is 2.43. The van der Waals surface area contributed by atoms with E-state index in [1.807, 2.05) is 24.3 Å². The summed E-state index contributed by atoms with van der Waals surface area (Å²) in [5.74, 6) is 0.761. The number of benzene rings is 1. The Labute approximate surface area is 123 Å². The van der Waals surface area contributed by atoms with Crippen LogP contribution in [0, 0.1) is 0 Å². The van der Waals surface area contributed by atoms with E-state index in [-0.39, 0.29) is 6.17 Å². The Kier molecular flexibility index (Phi) is 4.52. The summed E-state index contributed by atoms with van der Waals surface area (Å²) in [5, 5.41) is 0.726. The first-order valence-corrected chi connectivity index (χ1v) is 7.24. The second-order valence-corrected chi connectivity index (χ2v) is 5.34. The molecule has 2 aliphatic heterocycles. The number of hydrogen-bond donors (Lipinski definition) is 1. The van der Waals surface area contributed by atoms with Gasteiger partial charge in [0.25, 0.3) is 0 Å². The van der Waals surface area contributed by atoms with Crippen LogP contribution < -0.4 is 5.48 Å². The summed E-state index contributed by atoms with van der Waals surface area (Å²) in [6, 6.07) is 7.63. The molecule has 1 fully saturated rings. The SMILES string of the molecule is Clc1ccc([C@H]2N=C(CCN3CCOCC3)ON2)cc1. The minimum atomic E-state index is -0.132. The lowest BCUT2D eigenvalue weighted by atomic mass is 10.2. The first-order valence-electron chi connectivity index (χ1n) is 6.86. The van der Waals surface area contributed by atoms with Crippen LogP contribution >= 0.6 is 11.6 Å². The molecule has 0 saturated carbocycles. The lowest BCUT2D eigenvalue weighted by Gasteiger charge is -2.26. The van der Waals surface area contributed by atoms with Gasteiger partial charge in [-0.25, -0.2) is 4.99 Å². The molecule has 2 heterocycles. The van der Waals surface area contributed by atoms with Crippen molar-refractivity contribution in [2.75, 3.05) is 32.8 Å². The third-order valence-electron chi connectivity index (χ3n) is 3.49. The van der Waals surface area contributed by atoms with Crippen LogP contribution in [0.1, 0.15) is 18.2 Å². The first-order chi connectivity index (χ1) is 9.81. The van der Waals surface area contributed by atoms with Crippen LogP contribution in [0.5, 0.6) is 0 Å². The molecule has 0 amide bonds. The Morgan fingerprint density at radius 3 is 2.75 bits per heavy atom. The predicted molar refractivity (Wildman–Crippen MR) is 77.7 cm³/mol. The number of hydroxylamine groups is 1. The number of rotatable bonds is 4. The van der Waals surface area contributed by atoms with Crippen molar-refractivity contribution >= 4 is 17.5 Å². The summed E-state index contributed by atoms with van der Waals surface area (Å²) in [6.07, 6.45) is 0.684. The Balaban J connectivity index is 1.53. The maximum Gasteiger partial charge on any atom is 0.212 e. The van der Waals surface area contributed by atoms with Crippen LogP contribution in [0.25, 0.3) is 0 Å². The van der Waals surface area contributed by atoms with E-state index in [4.69, 9.17) is 21.2 Å². The highest BCUT2D eigenvalue weighted by Gasteiger charge is 2.21. The fourth-order valence-electron chi connectivity index (χ4n) is 2.30. The molecule has 3 rings (SSSR count). The Morgan fingerprint density at radius 1 is 1.25 bits per heavy atom. The number of ether oxygens (including phenoxy) is 1. The van der Waals surface area contributed by atoms with Crippen LogP contribution in [-0.4, -0.2) is 43.6 Å². The highest BCUT2D eigenvalue weighted by Crippen LogP contribution is 2.21. The van der Waals surface area contributed by atoms with Crippen molar-refractivity contribution < 1.29 is 9.57 Å². The van der Waals surface area contributed by atoms with E-state index >= 15 is 0 Å². The van der Waals surface area contributed by atoms with Gasteiger partial charge in [0.1, 0.15) is 0 Å². The second-order valence-electron chi connectivity index (χ2n) is 4.90. The smallest absolute Gasteiger partial charge is 0.212 e. The van der Waals surface area contributed by atoms with Gasteiger partial charge in [-0.05, 0) is 17.7 Å². The number of nitrogens with zero attached hydrogens (tertiary/aromatic N) is 2. The number of aliphatic imine (C=N–C) groups is 1. The molecule has 1 aromatic rings. The normalized spacial score (nSPS) is 23.4. The third kappa shape index (κ3) is 3.49. The maximum atomic E-state index is 5.88. The zero-order valence-corrected chi connectivity index (χ0v) is 12.0. The number of halogens is 1. The van der Waals surface area contributed by atoms with Crippen molar-refractivity contribution in [1.82, 2.24) is 10.4 Å². The summed E-state index contributed by atoms with van der Waals surface area (Å²) in [5.41, 5.74) is 3.99. The molecule has 2 aliphatic rings. The average molecular weight is 296 g/mol. The molecule has 5 nitrogen and oxygen atoms in total. The molecule has 0 aliphatic carbocycles. The van der Waals surface area contributed by atoms with Crippen LogP contribution in [-0.2, 0) is 9.57 Å². The number of hydrogen-bond acceptors (Lipinski definition) is 5. The Hall–Kier alpha value is -1.14. The van der Waals surface area contributed by atoms with Crippen molar-refractivity contribution in [3.05, 3.63) is 34.9 Å². The first kappa shape index (κ1) is 13.8. The van der Waals surface area contributed by atoms with Gasteiger partial charge < -0.3 is 9.57 Å². The van der Waals surface area contributed by atoms with E-state index in [0.717, 1.165) is 55.8 Å². The molecule has 0 spiro atoms.